The number of rotatable bonds is 10. The molecule has 0 fully saturated rings. The molecule has 0 atom stereocenters. The molecule has 4 nitrogen and oxygen atoms in total. The van der Waals surface area contributed by atoms with Crippen LogP contribution in [0.4, 0.5) is 5.69 Å². The van der Waals surface area contributed by atoms with Crippen LogP contribution in [0.1, 0.15) is 33.1 Å². The second-order valence-electron chi connectivity index (χ2n) is 5.87. The highest BCUT2D eigenvalue weighted by molar-refractivity contribution is 6.31. The summed E-state index contributed by atoms with van der Waals surface area (Å²) in [6.07, 6.45) is 3.90. The molecule has 24 heavy (non-hydrogen) atoms. The first-order valence-electron chi connectivity index (χ1n) is 8.66. The number of hydrogen-bond acceptors (Lipinski definition) is 4. The minimum atomic E-state index is 0.343. The first-order chi connectivity index (χ1) is 11.6. The lowest BCUT2D eigenvalue weighted by atomic mass is 10.1. The second-order valence-corrected chi connectivity index (χ2v) is 6.30. The van der Waals surface area contributed by atoms with Gasteiger partial charge in [-0.15, -0.1) is 0 Å². The zero-order chi connectivity index (χ0) is 17.4. The summed E-state index contributed by atoms with van der Waals surface area (Å²) in [5, 5.41) is 5.14. The molecule has 0 radical (unpaired) electrons. The first-order valence-corrected chi connectivity index (χ1v) is 9.04. The molecule has 1 aromatic heterocycles. The Kier molecular flexibility index (Phi) is 7.47. The van der Waals surface area contributed by atoms with E-state index in [1.54, 1.807) is 6.20 Å². The number of hydrogen-bond donors (Lipinski definition) is 1. The van der Waals surface area contributed by atoms with Crippen molar-refractivity contribution in [1.82, 2.24) is 9.88 Å². The number of benzene rings is 1. The topological polar surface area (TPSA) is 45.2 Å². The lowest BCUT2D eigenvalue weighted by Crippen LogP contribution is -2.25. The van der Waals surface area contributed by atoms with E-state index < -0.39 is 0 Å². The number of anilines is 1. The van der Waals surface area contributed by atoms with Crippen molar-refractivity contribution in [2.24, 2.45) is 0 Å². The molecule has 0 saturated heterocycles. The Labute approximate surface area is 149 Å². The van der Waals surface area contributed by atoms with Gasteiger partial charge in [0.15, 0.2) is 0 Å². The number of aromatic nitrogens is 1. The molecule has 0 amide bonds. The molecule has 0 unspecified atom stereocenters. The summed E-state index contributed by atoms with van der Waals surface area (Å²) in [6, 6.07) is 7.66. The van der Waals surface area contributed by atoms with Crippen molar-refractivity contribution in [2.75, 3.05) is 31.5 Å². The molecule has 1 heterocycles. The number of nitrogens with one attached hydrogen (secondary N) is 1. The summed E-state index contributed by atoms with van der Waals surface area (Å²) in [5.41, 5.74) is 1.91. The van der Waals surface area contributed by atoms with Crippen LogP contribution in [0.15, 0.2) is 30.5 Å². The monoisotopic (exact) mass is 347 g/mol. The molecule has 0 aliphatic heterocycles. The third-order valence-corrected chi connectivity index (χ3v) is 4.49. The minimum absolute atomic E-state index is 0.343. The molecule has 5 heteroatoms. The maximum atomic E-state index is 12.0. The van der Waals surface area contributed by atoms with E-state index in [0.717, 1.165) is 49.2 Å². The van der Waals surface area contributed by atoms with E-state index in [1.165, 1.54) is 0 Å². The molecule has 2 aromatic rings. The van der Waals surface area contributed by atoms with Crippen molar-refractivity contribution < 1.29 is 4.79 Å². The summed E-state index contributed by atoms with van der Waals surface area (Å²) >= 11 is 6.00. The molecular formula is C19H26ClN3O. The third kappa shape index (κ3) is 5.46. The van der Waals surface area contributed by atoms with Gasteiger partial charge >= 0.3 is 0 Å². The fourth-order valence-electron chi connectivity index (χ4n) is 2.73. The van der Waals surface area contributed by atoms with Gasteiger partial charge in [-0.3, -0.25) is 9.78 Å². The zero-order valence-electron chi connectivity index (χ0n) is 14.5. The van der Waals surface area contributed by atoms with Gasteiger partial charge in [-0.2, -0.15) is 0 Å². The van der Waals surface area contributed by atoms with E-state index in [4.69, 9.17) is 11.6 Å². The van der Waals surface area contributed by atoms with Crippen molar-refractivity contribution in [3.8, 4) is 0 Å². The Bertz CT molecular complexity index is 671. The molecule has 130 valence electrons. The Hall–Kier alpha value is -1.65. The van der Waals surface area contributed by atoms with Gasteiger partial charge in [0.1, 0.15) is 5.78 Å². The summed E-state index contributed by atoms with van der Waals surface area (Å²) in [6.45, 7) is 7.91. The number of pyridine rings is 1. The Morgan fingerprint density at radius 2 is 2.00 bits per heavy atom. The molecule has 0 saturated carbocycles. The van der Waals surface area contributed by atoms with Crippen LogP contribution in [-0.4, -0.2) is 41.8 Å². The highest BCUT2D eigenvalue weighted by Crippen LogP contribution is 2.24. The van der Waals surface area contributed by atoms with Gasteiger partial charge < -0.3 is 10.2 Å². The number of carbonyl (C=O) groups excluding carboxylic acids is 1. The van der Waals surface area contributed by atoms with Crippen LogP contribution in [0.3, 0.4) is 0 Å². The van der Waals surface area contributed by atoms with Gasteiger partial charge in [0.2, 0.25) is 0 Å². The fraction of sp³-hybridized carbons (Fsp3) is 0.474. The summed E-state index contributed by atoms with van der Waals surface area (Å²) in [7, 11) is 0. The van der Waals surface area contributed by atoms with Crippen molar-refractivity contribution in [3.63, 3.8) is 0 Å². The van der Waals surface area contributed by atoms with Crippen molar-refractivity contribution in [1.29, 1.82) is 0 Å². The fourth-order valence-corrected chi connectivity index (χ4v) is 2.90. The summed E-state index contributed by atoms with van der Waals surface area (Å²) < 4.78 is 0. The van der Waals surface area contributed by atoms with Gasteiger partial charge in [0.05, 0.1) is 5.52 Å². The van der Waals surface area contributed by atoms with Crippen LogP contribution in [0.25, 0.3) is 10.9 Å². The molecule has 0 bridgehead atoms. The molecule has 2 rings (SSSR count). The Morgan fingerprint density at radius 1 is 1.21 bits per heavy atom. The smallest absolute Gasteiger partial charge is 0.134 e. The van der Waals surface area contributed by atoms with E-state index in [2.05, 4.69) is 29.0 Å². The Morgan fingerprint density at radius 3 is 2.75 bits per heavy atom. The van der Waals surface area contributed by atoms with E-state index in [0.29, 0.717) is 23.6 Å². The van der Waals surface area contributed by atoms with Crippen LogP contribution in [0.2, 0.25) is 5.02 Å². The van der Waals surface area contributed by atoms with Gasteiger partial charge in [-0.1, -0.05) is 25.4 Å². The molecule has 0 spiro atoms. The standard InChI is InChI=1S/C19H26ClN3O/c1-3-23(4-2)13-10-16(24)6-5-11-21-18-9-12-22-19-14-15(20)7-8-17(18)19/h7-9,12,14H,3-6,10-11,13H2,1-2H3,(H,21,22). The largest absolute Gasteiger partial charge is 0.384 e. The molecule has 1 N–H and O–H groups in total. The third-order valence-electron chi connectivity index (χ3n) is 4.25. The average molecular weight is 348 g/mol. The molecule has 1 aromatic carbocycles. The van der Waals surface area contributed by atoms with Crippen molar-refractivity contribution in [2.45, 2.75) is 33.1 Å². The molecule has 0 aliphatic rings. The van der Waals surface area contributed by atoms with E-state index >= 15 is 0 Å². The molecule has 0 aliphatic carbocycles. The number of halogens is 1. The lowest BCUT2D eigenvalue weighted by Gasteiger charge is -2.17. The van der Waals surface area contributed by atoms with Crippen LogP contribution in [-0.2, 0) is 4.79 Å². The van der Waals surface area contributed by atoms with Gasteiger partial charge in [0.25, 0.3) is 0 Å². The SMILES string of the molecule is CCN(CC)CCC(=O)CCCNc1ccnc2cc(Cl)ccc12. The maximum absolute atomic E-state index is 12.0. The number of ketones is 1. The van der Waals surface area contributed by atoms with Crippen LogP contribution >= 0.6 is 11.6 Å². The van der Waals surface area contributed by atoms with E-state index in [9.17, 15) is 4.79 Å². The maximum Gasteiger partial charge on any atom is 0.134 e. The highest BCUT2D eigenvalue weighted by Gasteiger charge is 2.06. The second kappa shape index (κ2) is 9.60. The summed E-state index contributed by atoms with van der Waals surface area (Å²) in [4.78, 5) is 18.6. The van der Waals surface area contributed by atoms with Gasteiger partial charge in [-0.25, -0.2) is 0 Å². The number of nitrogens with zero attached hydrogens (tertiary/aromatic N) is 2. The number of carbonyl (C=O) groups is 1. The van der Waals surface area contributed by atoms with Crippen LogP contribution in [0, 0.1) is 0 Å². The highest BCUT2D eigenvalue weighted by atomic mass is 35.5. The van der Waals surface area contributed by atoms with Gasteiger partial charge in [-0.05, 0) is 43.8 Å². The first kappa shape index (κ1) is 18.7. The zero-order valence-corrected chi connectivity index (χ0v) is 15.3. The predicted octanol–water partition coefficient (Wildman–Crippen LogP) is 4.38. The Balaban J connectivity index is 1.77. The molecular weight excluding hydrogens is 322 g/mol. The normalized spacial score (nSPS) is 11.2. The average Bonchev–Trinajstić information content (AvgIpc) is 2.59. The minimum Gasteiger partial charge on any atom is -0.384 e. The van der Waals surface area contributed by atoms with Crippen LogP contribution < -0.4 is 5.32 Å². The predicted molar refractivity (Wildman–Crippen MR) is 102 cm³/mol. The van der Waals surface area contributed by atoms with Crippen molar-refractivity contribution in [3.05, 3.63) is 35.5 Å². The van der Waals surface area contributed by atoms with E-state index in [1.807, 2.05) is 24.3 Å². The number of fused-ring (bicyclic) bond motifs is 1. The van der Waals surface area contributed by atoms with Crippen molar-refractivity contribution >= 4 is 34.0 Å². The van der Waals surface area contributed by atoms with Gasteiger partial charge in [0, 0.05) is 48.2 Å². The van der Waals surface area contributed by atoms with Crippen LogP contribution in [0.5, 0.6) is 0 Å². The summed E-state index contributed by atoms with van der Waals surface area (Å²) in [5.74, 6) is 0.343. The van der Waals surface area contributed by atoms with E-state index in [-0.39, 0.29) is 0 Å². The number of Topliss-reactive ketones (excluding diaryl/α,β-unsaturated/α-hetero) is 1. The quantitative estimate of drug-likeness (QED) is 0.648. The lowest BCUT2D eigenvalue weighted by molar-refractivity contribution is -0.119.